The molecule has 0 amide bonds. The molecule has 6 nitrogen and oxygen atoms in total. The number of aliphatic imine (C=N–C) groups is 1. The van der Waals surface area contributed by atoms with E-state index < -0.39 is 22.0 Å². The van der Waals surface area contributed by atoms with Crippen LogP contribution in [0.5, 0.6) is 0 Å². The Morgan fingerprint density at radius 1 is 1.37 bits per heavy atom. The summed E-state index contributed by atoms with van der Waals surface area (Å²) in [5.74, 6) is -0.525. The molecule has 1 atom stereocenters. The monoisotopic (exact) mass is 286 g/mol. The van der Waals surface area contributed by atoms with Gasteiger partial charge in [-0.25, -0.2) is 17.6 Å². The number of carbonyl (C=O) groups excluding carboxylic acids is 1. The number of hydrogen-bond acceptors (Lipinski definition) is 5. The van der Waals surface area contributed by atoms with E-state index in [4.69, 9.17) is 4.74 Å². The van der Waals surface area contributed by atoms with Crippen LogP contribution in [0.15, 0.2) is 34.2 Å². The van der Waals surface area contributed by atoms with Crippen molar-refractivity contribution in [2.45, 2.75) is 11.1 Å². The zero-order valence-electron chi connectivity index (χ0n) is 9.82. The summed E-state index contributed by atoms with van der Waals surface area (Å²) in [6, 6.07) is 4.46. The second kappa shape index (κ2) is 5.58. The number of morpholine rings is 1. The molecule has 0 aromatic heterocycles. The first-order valence-electron chi connectivity index (χ1n) is 5.48. The summed E-state index contributed by atoms with van der Waals surface area (Å²) in [5, 5.41) is 0. The molecule has 1 saturated heterocycles. The zero-order valence-corrected chi connectivity index (χ0v) is 10.6. The molecule has 2 rings (SSSR count). The third kappa shape index (κ3) is 2.87. The first-order valence-corrected chi connectivity index (χ1v) is 6.92. The maximum Gasteiger partial charge on any atom is 0.245 e. The Bertz CT molecular complexity index is 596. The average molecular weight is 286 g/mol. The van der Waals surface area contributed by atoms with Crippen LogP contribution in [0.25, 0.3) is 0 Å². The number of benzene rings is 1. The van der Waals surface area contributed by atoms with Gasteiger partial charge < -0.3 is 4.74 Å². The summed E-state index contributed by atoms with van der Waals surface area (Å²) >= 11 is 0. The summed E-state index contributed by atoms with van der Waals surface area (Å²) in [4.78, 5) is 13.7. The molecule has 0 N–H and O–H groups in total. The number of ether oxygens (including phenoxy) is 1. The molecule has 1 aliphatic rings. The van der Waals surface area contributed by atoms with Gasteiger partial charge in [0.2, 0.25) is 16.1 Å². The highest BCUT2D eigenvalue weighted by Crippen LogP contribution is 2.21. The van der Waals surface area contributed by atoms with Crippen molar-refractivity contribution in [2.75, 3.05) is 19.8 Å². The van der Waals surface area contributed by atoms with E-state index in [1.54, 1.807) is 0 Å². The van der Waals surface area contributed by atoms with Gasteiger partial charge in [-0.3, -0.25) is 0 Å². The molecule has 19 heavy (non-hydrogen) atoms. The van der Waals surface area contributed by atoms with Gasteiger partial charge in [-0.2, -0.15) is 9.30 Å². The first kappa shape index (κ1) is 13.8. The Hall–Kier alpha value is -1.60. The summed E-state index contributed by atoms with van der Waals surface area (Å²) in [6.07, 6.45) is 0.400. The number of sulfonamides is 1. The number of hydrogen-bond donors (Lipinski definition) is 0. The second-order valence-electron chi connectivity index (χ2n) is 3.85. The van der Waals surface area contributed by atoms with E-state index in [0.29, 0.717) is 0 Å². The van der Waals surface area contributed by atoms with Gasteiger partial charge in [0.15, 0.2) is 6.17 Å². The van der Waals surface area contributed by atoms with Gasteiger partial charge in [-0.15, -0.1) is 0 Å². The number of isocyanates is 1. The van der Waals surface area contributed by atoms with Crippen LogP contribution >= 0.6 is 0 Å². The van der Waals surface area contributed by atoms with Crippen molar-refractivity contribution in [2.24, 2.45) is 4.99 Å². The summed E-state index contributed by atoms with van der Waals surface area (Å²) in [7, 11) is -3.84. The van der Waals surface area contributed by atoms with E-state index in [-0.39, 0.29) is 24.7 Å². The first-order chi connectivity index (χ1) is 9.05. The fourth-order valence-corrected chi connectivity index (χ4v) is 3.25. The van der Waals surface area contributed by atoms with Crippen LogP contribution in [0.1, 0.15) is 0 Å². The van der Waals surface area contributed by atoms with Gasteiger partial charge in [-0.05, 0) is 24.3 Å². The fraction of sp³-hybridized carbons (Fsp3) is 0.364. The van der Waals surface area contributed by atoms with E-state index in [1.165, 1.54) is 18.2 Å². The molecule has 1 aromatic rings. The van der Waals surface area contributed by atoms with E-state index in [1.807, 2.05) is 0 Å². The Labute approximate surface area is 109 Å². The predicted octanol–water partition coefficient (Wildman–Crippen LogP) is 0.509. The normalized spacial score (nSPS) is 20.8. The molecular formula is C11H11FN2O4S. The molecule has 0 spiro atoms. The van der Waals surface area contributed by atoms with Crippen LogP contribution in [0.3, 0.4) is 0 Å². The Morgan fingerprint density at radius 3 is 2.68 bits per heavy atom. The maximum atomic E-state index is 12.8. The lowest BCUT2D eigenvalue weighted by molar-refractivity contribution is 0.0359. The minimum absolute atomic E-state index is 0.00430. The third-order valence-corrected chi connectivity index (χ3v) is 4.59. The summed E-state index contributed by atoms with van der Waals surface area (Å²) in [5.41, 5.74) is 0. The van der Waals surface area contributed by atoms with Crippen molar-refractivity contribution < 1.29 is 22.3 Å². The maximum absolute atomic E-state index is 12.8. The van der Waals surface area contributed by atoms with Gasteiger partial charge in [0, 0.05) is 6.54 Å². The highest BCUT2D eigenvalue weighted by molar-refractivity contribution is 7.89. The molecule has 0 bridgehead atoms. The van der Waals surface area contributed by atoms with E-state index in [9.17, 15) is 17.6 Å². The second-order valence-corrected chi connectivity index (χ2v) is 5.74. The molecule has 0 radical (unpaired) electrons. The van der Waals surface area contributed by atoms with Crippen LogP contribution in [-0.4, -0.2) is 44.7 Å². The SMILES string of the molecule is O=C=NC1COCCN1S(=O)(=O)c1ccc(F)cc1. The molecule has 1 heterocycles. The van der Waals surface area contributed by atoms with Crippen molar-refractivity contribution >= 4 is 16.1 Å². The highest BCUT2D eigenvalue weighted by atomic mass is 32.2. The van der Waals surface area contributed by atoms with E-state index >= 15 is 0 Å². The molecule has 8 heteroatoms. The van der Waals surface area contributed by atoms with Gasteiger partial charge in [0.1, 0.15) is 5.82 Å². The zero-order chi connectivity index (χ0) is 13.9. The molecule has 0 aliphatic carbocycles. The van der Waals surface area contributed by atoms with Gasteiger partial charge in [0.05, 0.1) is 18.1 Å². The molecule has 1 aliphatic heterocycles. The molecular weight excluding hydrogens is 275 g/mol. The number of rotatable bonds is 3. The lowest BCUT2D eigenvalue weighted by Crippen LogP contribution is -2.47. The molecule has 102 valence electrons. The molecule has 1 aromatic carbocycles. The predicted molar refractivity (Wildman–Crippen MR) is 63.0 cm³/mol. The van der Waals surface area contributed by atoms with Gasteiger partial charge >= 0.3 is 0 Å². The lowest BCUT2D eigenvalue weighted by Gasteiger charge is -2.30. The smallest absolute Gasteiger partial charge is 0.245 e. The largest absolute Gasteiger partial charge is 0.376 e. The van der Waals surface area contributed by atoms with Crippen LogP contribution in [0.4, 0.5) is 4.39 Å². The topological polar surface area (TPSA) is 76.0 Å². The van der Waals surface area contributed by atoms with Crippen molar-refractivity contribution in [1.29, 1.82) is 0 Å². The molecule has 1 fully saturated rings. The Kier molecular flexibility index (Phi) is 4.06. The van der Waals surface area contributed by atoms with Crippen LogP contribution < -0.4 is 0 Å². The highest BCUT2D eigenvalue weighted by Gasteiger charge is 2.34. The van der Waals surface area contributed by atoms with Crippen molar-refractivity contribution in [3.63, 3.8) is 0 Å². The Morgan fingerprint density at radius 2 is 2.05 bits per heavy atom. The average Bonchev–Trinajstić information content (AvgIpc) is 2.40. The van der Waals surface area contributed by atoms with Gasteiger partial charge in [-0.1, -0.05) is 0 Å². The van der Waals surface area contributed by atoms with Crippen molar-refractivity contribution in [1.82, 2.24) is 4.31 Å². The minimum atomic E-state index is -3.84. The van der Waals surface area contributed by atoms with Gasteiger partial charge in [0.25, 0.3) is 0 Å². The van der Waals surface area contributed by atoms with E-state index in [0.717, 1.165) is 16.4 Å². The summed E-state index contributed by atoms with van der Waals surface area (Å²) in [6.45, 7) is 0.288. The van der Waals surface area contributed by atoms with Crippen molar-refractivity contribution in [3.8, 4) is 0 Å². The van der Waals surface area contributed by atoms with Crippen LogP contribution in [0, 0.1) is 5.82 Å². The van der Waals surface area contributed by atoms with Crippen LogP contribution in [-0.2, 0) is 19.6 Å². The Balaban J connectivity index is 2.36. The van der Waals surface area contributed by atoms with Crippen molar-refractivity contribution in [3.05, 3.63) is 30.1 Å². The van der Waals surface area contributed by atoms with E-state index in [2.05, 4.69) is 4.99 Å². The van der Waals surface area contributed by atoms with Crippen LogP contribution in [0.2, 0.25) is 0 Å². The summed E-state index contributed by atoms with van der Waals surface area (Å²) < 4.78 is 43.6. The quantitative estimate of drug-likeness (QED) is 0.599. The standard InChI is InChI=1S/C11H11FN2O4S/c12-9-1-3-10(4-2-9)19(16,17)14-5-6-18-7-11(14)13-8-15/h1-4,11H,5-7H2. The minimum Gasteiger partial charge on any atom is -0.376 e. The number of halogens is 1. The fourth-order valence-electron chi connectivity index (χ4n) is 1.76. The number of nitrogens with zero attached hydrogens (tertiary/aromatic N) is 2. The third-order valence-electron chi connectivity index (χ3n) is 2.68. The lowest BCUT2D eigenvalue weighted by atomic mass is 10.4. The molecule has 0 saturated carbocycles. The molecule has 1 unspecified atom stereocenters.